The molecule has 0 saturated carbocycles. The molecule has 0 aromatic carbocycles. The number of oxazole rings is 2. The van der Waals surface area contributed by atoms with Crippen molar-refractivity contribution in [2.24, 2.45) is 0 Å². The van der Waals surface area contributed by atoms with Gasteiger partial charge in [-0.1, -0.05) is 0 Å². The maximum absolute atomic E-state index is 5.00. The van der Waals surface area contributed by atoms with Crippen molar-refractivity contribution in [2.75, 3.05) is 0 Å². The van der Waals surface area contributed by atoms with Crippen molar-refractivity contribution in [3.05, 3.63) is 24.6 Å². The predicted molar refractivity (Wildman–Crippen MR) is 36.7 cm³/mol. The Hall–Kier alpha value is -1.58. The average Bonchev–Trinajstić information content (AvgIpc) is 2.55. The third-order valence-corrected chi connectivity index (χ3v) is 1.27. The summed E-state index contributed by atoms with van der Waals surface area (Å²) in [6, 6.07) is 0. The van der Waals surface area contributed by atoms with E-state index in [1.807, 2.05) is 0 Å². The van der Waals surface area contributed by atoms with Crippen LogP contribution in [-0.2, 0) is 0 Å². The third kappa shape index (κ3) is 1.02. The fraction of sp³-hybridized carbons (Fsp3) is 0.143. The first-order valence-corrected chi connectivity index (χ1v) is 3.18. The molecule has 0 aliphatic carbocycles. The van der Waals surface area contributed by atoms with Gasteiger partial charge in [-0.25, -0.2) is 9.97 Å². The molecular formula is C7H6N2O2. The summed E-state index contributed by atoms with van der Waals surface area (Å²) in [5, 5.41) is 0. The van der Waals surface area contributed by atoms with E-state index in [1.165, 1.54) is 12.5 Å². The Kier molecular flexibility index (Phi) is 1.25. The van der Waals surface area contributed by atoms with Crippen LogP contribution in [0.2, 0.25) is 0 Å². The van der Waals surface area contributed by atoms with Crippen LogP contribution in [0, 0.1) is 6.92 Å². The van der Waals surface area contributed by atoms with Gasteiger partial charge < -0.3 is 8.83 Å². The zero-order chi connectivity index (χ0) is 7.68. The van der Waals surface area contributed by atoms with Crippen molar-refractivity contribution < 1.29 is 8.83 Å². The van der Waals surface area contributed by atoms with E-state index in [-0.39, 0.29) is 0 Å². The highest BCUT2D eigenvalue weighted by atomic mass is 16.4. The first-order valence-electron chi connectivity index (χ1n) is 3.18. The molecular weight excluding hydrogens is 144 g/mol. The van der Waals surface area contributed by atoms with E-state index < -0.39 is 0 Å². The first-order chi connectivity index (χ1) is 5.36. The van der Waals surface area contributed by atoms with Gasteiger partial charge in [0.2, 0.25) is 5.89 Å². The monoisotopic (exact) mass is 150 g/mol. The van der Waals surface area contributed by atoms with E-state index in [0.29, 0.717) is 17.5 Å². The molecule has 0 spiro atoms. The maximum atomic E-state index is 5.00. The minimum absolute atomic E-state index is 0.488. The highest BCUT2D eigenvalue weighted by Crippen LogP contribution is 2.14. The topological polar surface area (TPSA) is 52.1 Å². The number of aromatic nitrogens is 2. The number of nitrogens with zero attached hydrogens (tertiary/aromatic N) is 2. The largest absolute Gasteiger partial charge is 0.448 e. The lowest BCUT2D eigenvalue weighted by molar-refractivity contribution is 0.520. The molecule has 2 heterocycles. The quantitative estimate of drug-likeness (QED) is 0.620. The molecule has 0 atom stereocenters. The molecule has 2 rings (SSSR count). The summed E-state index contributed by atoms with van der Waals surface area (Å²) in [7, 11) is 0. The Labute approximate surface area is 62.9 Å². The molecule has 11 heavy (non-hydrogen) atoms. The Balaban J connectivity index is 2.45. The van der Waals surface area contributed by atoms with Crippen LogP contribution in [0.4, 0.5) is 0 Å². The van der Waals surface area contributed by atoms with Gasteiger partial charge in [-0.2, -0.15) is 0 Å². The lowest BCUT2D eigenvalue weighted by atomic mass is 10.5. The van der Waals surface area contributed by atoms with Crippen molar-refractivity contribution in [3.8, 4) is 11.6 Å². The van der Waals surface area contributed by atoms with Gasteiger partial charge in [0.15, 0.2) is 11.6 Å². The molecule has 0 N–H and O–H groups in total. The van der Waals surface area contributed by atoms with Gasteiger partial charge in [0.25, 0.3) is 0 Å². The lowest BCUT2D eigenvalue weighted by Gasteiger charge is -1.81. The molecule has 0 aliphatic rings. The van der Waals surface area contributed by atoms with Gasteiger partial charge in [-0.05, 0) is 0 Å². The van der Waals surface area contributed by atoms with Crippen molar-refractivity contribution in [2.45, 2.75) is 6.92 Å². The van der Waals surface area contributed by atoms with Gasteiger partial charge in [0.1, 0.15) is 12.5 Å². The second kappa shape index (κ2) is 2.23. The summed E-state index contributed by atoms with van der Waals surface area (Å²) >= 11 is 0. The van der Waals surface area contributed by atoms with Crippen molar-refractivity contribution >= 4 is 0 Å². The fourth-order valence-corrected chi connectivity index (χ4v) is 0.812. The molecule has 0 radical (unpaired) electrons. The van der Waals surface area contributed by atoms with E-state index in [9.17, 15) is 0 Å². The molecule has 4 heteroatoms. The van der Waals surface area contributed by atoms with Gasteiger partial charge in [0.05, 0.1) is 6.20 Å². The minimum atomic E-state index is 0.488. The van der Waals surface area contributed by atoms with E-state index >= 15 is 0 Å². The molecule has 4 nitrogen and oxygen atoms in total. The standard InChI is InChI=1S/C7H6N2O2/c1-5-9-6(4-11-5)7-8-2-3-10-7/h2-4H,1H3. The van der Waals surface area contributed by atoms with Gasteiger partial charge in [0, 0.05) is 6.92 Å². The Morgan fingerprint density at radius 3 is 2.82 bits per heavy atom. The van der Waals surface area contributed by atoms with Crippen LogP contribution < -0.4 is 0 Å². The van der Waals surface area contributed by atoms with Gasteiger partial charge in [-0.3, -0.25) is 0 Å². The molecule has 56 valence electrons. The second-order valence-corrected chi connectivity index (χ2v) is 2.09. The van der Waals surface area contributed by atoms with Crippen LogP contribution in [-0.4, -0.2) is 9.97 Å². The summed E-state index contributed by atoms with van der Waals surface area (Å²) in [6.07, 6.45) is 4.58. The zero-order valence-corrected chi connectivity index (χ0v) is 5.94. The SMILES string of the molecule is Cc1nc(-c2ncco2)co1. The van der Waals surface area contributed by atoms with Crippen molar-refractivity contribution in [1.82, 2.24) is 9.97 Å². The molecule has 0 amide bonds. The van der Waals surface area contributed by atoms with Gasteiger partial charge >= 0.3 is 0 Å². The van der Waals surface area contributed by atoms with E-state index in [4.69, 9.17) is 8.83 Å². The van der Waals surface area contributed by atoms with Crippen molar-refractivity contribution in [3.63, 3.8) is 0 Å². The molecule has 2 aromatic heterocycles. The second-order valence-electron chi connectivity index (χ2n) is 2.09. The lowest BCUT2D eigenvalue weighted by Crippen LogP contribution is -1.75. The first kappa shape index (κ1) is 6.15. The number of hydrogen-bond donors (Lipinski definition) is 0. The Bertz CT molecular complexity index is 337. The average molecular weight is 150 g/mol. The molecule has 0 saturated heterocycles. The highest BCUT2D eigenvalue weighted by molar-refractivity contribution is 5.43. The zero-order valence-electron chi connectivity index (χ0n) is 5.94. The van der Waals surface area contributed by atoms with Crippen LogP contribution in [0.1, 0.15) is 5.89 Å². The van der Waals surface area contributed by atoms with E-state index in [2.05, 4.69) is 9.97 Å². The number of hydrogen-bond acceptors (Lipinski definition) is 4. The summed E-state index contributed by atoms with van der Waals surface area (Å²) in [4.78, 5) is 7.94. The third-order valence-electron chi connectivity index (χ3n) is 1.27. The van der Waals surface area contributed by atoms with Gasteiger partial charge in [-0.15, -0.1) is 0 Å². The van der Waals surface area contributed by atoms with E-state index in [1.54, 1.807) is 13.1 Å². The normalized spacial score (nSPS) is 10.3. The molecule has 0 aliphatic heterocycles. The van der Waals surface area contributed by atoms with Crippen LogP contribution >= 0.6 is 0 Å². The van der Waals surface area contributed by atoms with Crippen LogP contribution in [0.5, 0.6) is 0 Å². The van der Waals surface area contributed by atoms with Crippen LogP contribution in [0.25, 0.3) is 11.6 Å². The van der Waals surface area contributed by atoms with E-state index in [0.717, 1.165) is 0 Å². The van der Waals surface area contributed by atoms with Crippen molar-refractivity contribution in [1.29, 1.82) is 0 Å². The summed E-state index contributed by atoms with van der Waals surface area (Å²) in [5.41, 5.74) is 0.632. The molecule has 2 aromatic rings. The number of rotatable bonds is 1. The van der Waals surface area contributed by atoms with Crippen LogP contribution in [0.3, 0.4) is 0 Å². The van der Waals surface area contributed by atoms with Crippen LogP contribution in [0.15, 0.2) is 27.6 Å². The molecule has 0 fully saturated rings. The Morgan fingerprint density at radius 2 is 2.27 bits per heavy atom. The minimum Gasteiger partial charge on any atom is -0.448 e. The summed E-state index contributed by atoms with van der Waals surface area (Å²) in [6.45, 7) is 1.77. The Morgan fingerprint density at radius 1 is 1.36 bits per heavy atom. The highest BCUT2D eigenvalue weighted by Gasteiger charge is 2.05. The predicted octanol–water partition coefficient (Wildman–Crippen LogP) is 1.64. The summed E-state index contributed by atoms with van der Waals surface area (Å²) in [5.74, 6) is 1.10. The maximum Gasteiger partial charge on any atom is 0.248 e. The fourth-order valence-electron chi connectivity index (χ4n) is 0.812. The summed E-state index contributed by atoms with van der Waals surface area (Å²) < 4.78 is 9.98. The smallest absolute Gasteiger partial charge is 0.248 e. The molecule has 0 unspecified atom stereocenters. The number of aryl methyl sites for hydroxylation is 1. The molecule has 0 bridgehead atoms.